The topological polar surface area (TPSA) is 75.0 Å². The fourth-order valence-electron chi connectivity index (χ4n) is 5.19. The standard InChI is InChI=1S/C34H31FO6/c1-6-39-32(36)30-27-19-26(20(2)18-29(27)41-31(30)23-14-16-24(35)17-15-23)21(3)40-33(37)34(4,38-5)28-13-9-11-22-10-7-8-12-25(22)28/h7-19,21H,6H2,1-5H3/t21-,34+/m1/s1. The van der Waals surface area contributed by atoms with Crippen LogP contribution in [0.3, 0.4) is 0 Å². The van der Waals surface area contributed by atoms with E-state index in [-0.39, 0.29) is 17.9 Å². The van der Waals surface area contributed by atoms with Crippen molar-refractivity contribution < 1.29 is 32.6 Å². The molecule has 6 nitrogen and oxygen atoms in total. The molecule has 0 aliphatic carbocycles. The SMILES string of the molecule is CCOC(=O)c1c(-c2ccc(F)cc2)oc2cc(C)c([C@@H](C)OC(=O)[C@@](C)(OC)c3cccc4ccccc34)cc12. The molecule has 7 heteroatoms. The Kier molecular flexibility index (Phi) is 7.65. The molecule has 0 amide bonds. The highest BCUT2D eigenvalue weighted by molar-refractivity contribution is 6.09. The molecule has 0 bridgehead atoms. The second-order valence-corrected chi connectivity index (χ2v) is 10.1. The number of benzene rings is 4. The Bertz CT molecular complexity index is 1750. The van der Waals surface area contributed by atoms with E-state index in [0.717, 1.165) is 16.3 Å². The predicted molar refractivity (Wildman–Crippen MR) is 155 cm³/mol. The molecule has 1 aromatic heterocycles. The number of carbonyl (C=O) groups excluding carboxylic acids is 2. The summed E-state index contributed by atoms with van der Waals surface area (Å²) >= 11 is 0. The number of hydrogen-bond donors (Lipinski definition) is 0. The Hall–Kier alpha value is -4.49. The normalized spacial score (nSPS) is 13.6. The lowest BCUT2D eigenvalue weighted by Gasteiger charge is -2.29. The summed E-state index contributed by atoms with van der Waals surface area (Å²) in [4.78, 5) is 26.8. The van der Waals surface area contributed by atoms with Crippen molar-refractivity contribution in [3.05, 3.63) is 107 Å². The molecule has 0 spiro atoms. The second-order valence-electron chi connectivity index (χ2n) is 10.1. The lowest BCUT2D eigenvalue weighted by Crippen LogP contribution is -2.37. The number of ether oxygens (including phenoxy) is 3. The summed E-state index contributed by atoms with van der Waals surface area (Å²) < 4.78 is 36.9. The predicted octanol–water partition coefficient (Wildman–Crippen LogP) is 8.04. The van der Waals surface area contributed by atoms with Crippen LogP contribution in [0.25, 0.3) is 33.1 Å². The summed E-state index contributed by atoms with van der Waals surface area (Å²) in [6, 6.07) is 22.8. The molecule has 4 aromatic carbocycles. The zero-order valence-electron chi connectivity index (χ0n) is 23.6. The van der Waals surface area contributed by atoms with Gasteiger partial charge in [0.25, 0.3) is 0 Å². The molecular weight excluding hydrogens is 523 g/mol. The van der Waals surface area contributed by atoms with Crippen molar-refractivity contribution in [2.45, 2.75) is 39.4 Å². The Morgan fingerprint density at radius 3 is 2.39 bits per heavy atom. The van der Waals surface area contributed by atoms with Crippen LogP contribution < -0.4 is 0 Å². The van der Waals surface area contributed by atoms with Crippen LogP contribution in [0.1, 0.15) is 53.9 Å². The van der Waals surface area contributed by atoms with Crippen molar-refractivity contribution in [3.63, 3.8) is 0 Å². The van der Waals surface area contributed by atoms with Crippen molar-refractivity contribution in [1.29, 1.82) is 0 Å². The van der Waals surface area contributed by atoms with Crippen molar-refractivity contribution in [1.82, 2.24) is 0 Å². The average molecular weight is 555 g/mol. The Balaban J connectivity index is 1.55. The highest BCUT2D eigenvalue weighted by Crippen LogP contribution is 2.39. The summed E-state index contributed by atoms with van der Waals surface area (Å²) in [7, 11) is 1.49. The van der Waals surface area contributed by atoms with E-state index in [1.165, 1.54) is 19.2 Å². The van der Waals surface area contributed by atoms with Gasteiger partial charge in [-0.3, -0.25) is 0 Å². The molecule has 0 aliphatic heterocycles. The maximum atomic E-state index is 13.7. The van der Waals surface area contributed by atoms with Crippen LogP contribution >= 0.6 is 0 Å². The molecule has 0 unspecified atom stereocenters. The average Bonchev–Trinajstić information content (AvgIpc) is 3.34. The zero-order chi connectivity index (χ0) is 29.3. The molecule has 0 fully saturated rings. The van der Waals surface area contributed by atoms with Gasteiger partial charge in [-0.15, -0.1) is 0 Å². The van der Waals surface area contributed by atoms with E-state index in [2.05, 4.69) is 0 Å². The van der Waals surface area contributed by atoms with Crippen LogP contribution in [0.15, 0.2) is 83.3 Å². The molecule has 1 heterocycles. The van der Waals surface area contributed by atoms with Gasteiger partial charge < -0.3 is 18.6 Å². The summed E-state index contributed by atoms with van der Waals surface area (Å²) in [6.07, 6.45) is -0.685. The maximum absolute atomic E-state index is 13.7. The minimum absolute atomic E-state index is 0.171. The molecule has 0 N–H and O–H groups in total. The second kappa shape index (κ2) is 11.2. The van der Waals surface area contributed by atoms with Gasteiger partial charge >= 0.3 is 11.9 Å². The van der Waals surface area contributed by atoms with Crippen molar-refractivity contribution in [2.75, 3.05) is 13.7 Å². The van der Waals surface area contributed by atoms with Gasteiger partial charge in [0.15, 0.2) is 5.60 Å². The number of fused-ring (bicyclic) bond motifs is 2. The third-order valence-electron chi connectivity index (χ3n) is 7.49. The largest absolute Gasteiger partial charge is 0.462 e. The van der Waals surface area contributed by atoms with Gasteiger partial charge in [-0.05, 0) is 86.0 Å². The molecule has 5 aromatic rings. The molecule has 0 saturated heterocycles. The summed E-state index contributed by atoms with van der Waals surface area (Å²) in [5.41, 5.74) is 2.06. The van der Waals surface area contributed by atoms with E-state index in [1.54, 1.807) is 45.0 Å². The highest BCUT2D eigenvalue weighted by atomic mass is 19.1. The summed E-state index contributed by atoms with van der Waals surface area (Å²) in [5, 5.41) is 2.39. The van der Waals surface area contributed by atoms with E-state index in [9.17, 15) is 14.0 Å². The number of furan rings is 1. The van der Waals surface area contributed by atoms with Gasteiger partial charge in [0.1, 0.15) is 28.8 Å². The van der Waals surface area contributed by atoms with Gasteiger partial charge in [0, 0.05) is 23.6 Å². The number of rotatable bonds is 8. The molecule has 0 radical (unpaired) electrons. The van der Waals surface area contributed by atoms with Gasteiger partial charge in [0.2, 0.25) is 0 Å². The number of esters is 2. The molecule has 5 rings (SSSR count). The van der Waals surface area contributed by atoms with Crippen molar-refractivity contribution in [3.8, 4) is 11.3 Å². The number of aryl methyl sites for hydroxylation is 1. The van der Waals surface area contributed by atoms with E-state index in [1.807, 2.05) is 49.4 Å². The van der Waals surface area contributed by atoms with Gasteiger partial charge in [0.05, 0.1) is 6.61 Å². The molecular formula is C34H31FO6. The minimum atomic E-state index is -1.37. The van der Waals surface area contributed by atoms with Crippen LogP contribution in [0.2, 0.25) is 0 Å². The zero-order valence-corrected chi connectivity index (χ0v) is 23.6. The van der Waals surface area contributed by atoms with Gasteiger partial charge in [-0.1, -0.05) is 42.5 Å². The van der Waals surface area contributed by atoms with Gasteiger partial charge in [-0.25, -0.2) is 14.0 Å². The smallest absolute Gasteiger partial charge is 0.343 e. The van der Waals surface area contributed by atoms with Crippen molar-refractivity contribution in [2.24, 2.45) is 0 Å². The van der Waals surface area contributed by atoms with E-state index in [0.29, 0.717) is 27.7 Å². The number of methoxy groups -OCH3 is 1. The van der Waals surface area contributed by atoms with E-state index in [4.69, 9.17) is 18.6 Å². The monoisotopic (exact) mass is 554 g/mol. The van der Waals surface area contributed by atoms with Crippen LogP contribution in [0.4, 0.5) is 4.39 Å². The molecule has 210 valence electrons. The quantitative estimate of drug-likeness (QED) is 0.181. The first-order chi connectivity index (χ1) is 19.7. The highest BCUT2D eigenvalue weighted by Gasteiger charge is 2.39. The Morgan fingerprint density at radius 1 is 0.976 bits per heavy atom. The molecule has 2 atom stereocenters. The Morgan fingerprint density at radius 2 is 1.68 bits per heavy atom. The van der Waals surface area contributed by atoms with Crippen LogP contribution in [0.5, 0.6) is 0 Å². The number of halogens is 1. The third-order valence-corrected chi connectivity index (χ3v) is 7.49. The first kappa shape index (κ1) is 28.1. The number of hydrogen-bond acceptors (Lipinski definition) is 6. The van der Waals surface area contributed by atoms with E-state index < -0.39 is 29.5 Å². The lowest BCUT2D eigenvalue weighted by atomic mass is 9.90. The van der Waals surface area contributed by atoms with Crippen molar-refractivity contribution >= 4 is 33.7 Å². The van der Waals surface area contributed by atoms with Crippen LogP contribution in [-0.2, 0) is 24.6 Å². The van der Waals surface area contributed by atoms with Crippen LogP contribution in [0, 0.1) is 12.7 Å². The van der Waals surface area contributed by atoms with Crippen LogP contribution in [-0.4, -0.2) is 25.7 Å². The molecule has 0 saturated carbocycles. The first-order valence-corrected chi connectivity index (χ1v) is 13.4. The fourth-order valence-corrected chi connectivity index (χ4v) is 5.19. The molecule has 41 heavy (non-hydrogen) atoms. The fraction of sp³-hybridized carbons (Fsp3) is 0.235. The Labute approximate surface area is 237 Å². The molecule has 0 aliphatic rings. The third kappa shape index (κ3) is 5.09. The van der Waals surface area contributed by atoms with Gasteiger partial charge in [-0.2, -0.15) is 0 Å². The summed E-state index contributed by atoms with van der Waals surface area (Å²) in [5.74, 6) is -1.23. The van der Waals surface area contributed by atoms with E-state index >= 15 is 0 Å². The lowest BCUT2D eigenvalue weighted by molar-refractivity contribution is -0.173. The number of carbonyl (C=O) groups is 2. The maximum Gasteiger partial charge on any atom is 0.343 e. The minimum Gasteiger partial charge on any atom is -0.462 e. The first-order valence-electron chi connectivity index (χ1n) is 13.4. The summed E-state index contributed by atoms with van der Waals surface area (Å²) in [6.45, 7) is 7.24.